The van der Waals surface area contributed by atoms with E-state index in [9.17, 15) is 14.4 Å². The van der Waals surface area contributed by atoms with E-state index >= 15 is 0 Å². The van der Waals surface area contributed by atoms with E-state index in [0.29, 0.717) is 18.4 Å². The minimum atomic E-state index is -0.856. The Balaban J connectivity index is 2.02. The highest BCUT2D eigenvalue weighted by molar-refractivity contribution is 5.97. The molecule has 2 fully saturated rings. The van der Waals surface area contributed by atoms with Crippen LogP contribution in [0.2, 0.25) is 0 Å². The van der Waals surface area contributed by atoms with Crippen molar-refractivity contribution in [3.63, 3.8) is 0 Å². The molecule has 3 aliphatic rings. The maximum absolute atomic E-state index is 12.5. The van der Waals surface area contributed by atoms with Gasteiger partial charge in [0, 0.05) is 29.7 Å². The Bertz CT molecular complexity index is 619. The molecule has 0 N–H and O–H groups in total. The van der Waals surface area contributed by atoms with Crippen molar-refractivity contribution in [1.29, 1.82) is 0 Å². The van der Waals surface area contributed by atoms with E-state index in [1.165, 1.54) is 13.0 Å². The second kappa shape index (κ2) is 4.54. The lowest BCUT2D eigenvalue weighted by atomic mass is 9.54. The smallest absolute Gasteiger partial charge is 0.334 e. The predicted octanol–water partition coefficient (Wildman–Crippen LogP) is 1.96. The van der Waals surface area contributed by atoms with E-state index in [2.05, 4.69) is 6.58 Å². The van der Waals surface area contributed by atoms with Crippen molar-refractivity contribution < 1.29 is 23.9 Å². The summed E-state index contributed by atoms with van der Waals surface area (Å²) in [6.45, 7) is 8.87. The zero-order valence-corrected chi connectivity index (χ0v) is 13.0. The molecule has 0 aromatic heterocycles. The Kier molecular flexibility index (Phi) is 3.10. The number of carbonyl (C=O) groups is 3. The molecule has 5 nitrogen and oxygen atoms in total. The fraction of sp³-hybridized carbons (Fsp3) is 0.588. The highest BCUT2D eigenvalue weighted by Gasteiger charge is 2.60. The van der Waals surface area contributed by atoms with Crippen LogP contribution in [0.15, 0.2) is 24.3 Å². The SMILES string of the molecule is C=C1C(=O)OC2CC3(C)C(=O)C=CC(C)(OC(C)=O)C3CC12. The van der Waals surface area contributed by atoms with Gasteiger partial charge in [0.1, 0.15) is 11.7 Å². The van der Waals surface area contributed by atoms with Crippen LogP contribution in [0, 0.1) is 17.3 Å². The average molecular weight is 304 g/mol. The molecule has 0 amide bonds. The van der Waals surface area contributed by atoms with E-state index in [0.717, 1.165) is 0 Å². The van der Waals surface area contributed by atoms with Gasteiger partial charge in [0.15, 0.2) is 5.78 Å². The van der Waals surface area contributed by atoms with Crippen LogP contribution >= 0.6 is 0 Å². The maximum atomic E-state index is 12.5. The quantitative estimate of drug-likeness (QED) is 0.547. The van der Waals surface area contributed by atoms with Crippen LogP contribution in [0.25, 0.3) is 0 Å². The first kappa shape index (κ1) is 15.0. The molecule has 1 aliphatic heterocycles. The number of rotatable bonds is 1. The average Bonchev–Trinajstić information content (AvgIpc) is 2.67. The number of esters is 2. The first-order valence-corrected chi connectivity index (χ1v) is 7.50. The molecule has 5 atom stereocenters. The van der Waals surface area contributed by atoms with E-state index in [-0.39, 0.29) is 35.7 Å². The van der Waals surface area contributed by atoms with Crippen LogP contribution in [0.1, 0.15) is 33.6 Å². The molecule has 2 aliphatic carbocycles. The third-order valence-corrected chi connectivity index (χ3v) is 5.48. The van der Waals surface area contributed by atoms with Crippen molar-refractivity contribution in [2.75, 3.05) is 0 Å². The molecule has 0 bridgehead atoms. The lowest BCUT2D eigenvalue weighted by molar-refractivity contribution is -0.173. The first-order chi connectivity index (χ1) is 10.2. The molecule has 118 valence electrons. The molecular formula is C17H20O5. The number of ketones is 1. The van der Waals surface area contributed by atoms with Crippen LogP contribution < -0.4 is 0 Å². The molecule has 0 radical (unpaired) electrons. The number of hydrogen-bond donors (Lipinski definition) is 0. The Morgan fingerprint density at radius 2 is 2.09 bits per heavy atom. The van der Waals surface area contributed by atoms with Gasteiger partial charge in [-0.25, -0.2) is 4.79 Å². The Labute approximate surface area is 129 Å². The molecule has 22 heavy (non-hydrogen) atoms. The fourth-order valence-corrected chi connectivity index (χ4v) is 4.32. The summed E-state index contributed by atoms with van der Waals surface area (Å²) in [5.74, 6) is -1.09. The van der Waals surface area contributed by atoms with E-state index in [1.807, 2.05) is 13.8 Å². The Morgan fingerprint density at radius 1 is 1.41 bits per heavy atom. The van der Waals surface area contributed by atoms with Crippen molar-refractivity contribution in [2.45, 2.75) is 45.3 Å². The van der Waals surface area contributed by atoms with Gasteiger partial charge in [0.05, 0.1) is 0 Å². The van der Waals surface area contributed by atoms with Gasteiger partial charge in [0.25, 0.3) is 0 Å². The summed E-state index contributed by atoms with van der Waals surface area (Å²) in [4.78, 5) is 35.7. The number of hydrogen-bond acceptors (Lipinski definition) is 5. The number of fused-ring (bicyclic) bond motifs is 2. The summed E-state index contributed by atoms with van der Waals surface area (Å²) in [5, 5.41) is 0. The topological polar surface area (TPSA) is 69.7 Å². The summed E-state index contributed by atoms with van der Waals surface area (Å²) in [5.41, 5.74) is -1.10. The molecule has 1 saturated heterocycles. The van der Waals surface area contributed by atoms with E-state index in [1.54, 1.807) is 6.08 Å². The van der Waals surface area contributed by atoms with Gasteiger partial charge >= 0.3 is 11.9 Å². The molecule has 1 saturated carbocycles. The van der Waals surface area contributed by atoms with Gasteiger partial charge in [-0.15, -0.1) is 0 Å². The second-order valence-electron chi connectivity index (χ2n) is 6.96. The van der Waals surface area contributed by atoms with Gasteiger partial charge in [-0.2, -0.15) is 0 Å². The van der Waals surface area contributed by atoms with E-state index in [4.69, 9.17) is 9.47 Å². The molecule has 0 aromatic carbocycles. The van der Waals surface area contributed by atoms with Gasteiger partial charge in [-0.1, -0.05) is 13.5 Å². The van der Waals surface area contributed by atoms with Crippen molar-refractivity contribution in [2.24, 2.45) is 17.3 Å². The van der Waals surface area contributed by atoms with Gasteiger partial charge in [0.2, 0.25) is 0 Å². The molecule has 5 unspecified atom stereocenters. The highest BCUT2D eigenvalue weighted by atomic mass is 16.6. The van der Waals surface area contributed by atoms with Crippen LogP contribution in [0.5, 0.6) is 0 Å². The second-order valence-corrected chi connectivity index (χ2v) is 6.96. The van der Waals surface area contributed by atoms with E-state index < -0.39 is 11.0 Å². The zero-order valence-electron chi connectivity index (χ0n) is 13.0. The van der Waals surface area contributed by atoms with Crippen molar-refractivity contribution in [3.8, 4) is 0 Å². The molecule has 0 aromatic rings. The molecule has 5 heteroatoms. The summed E-state index contributed by atoms with van der Waals surface area (Å²) in [6, 6.07) is 0. The number of ether oxygens (including phenoxy) is 2. The predicted molar refractivity (Wildman–Crippen MR) is 77.7 cm³/mol. The fourth-order valence-electron chi connectivity index (χ4n) is 4.32. The minimum absolute atomic E-state index is 0.00543. The first-order valence-electron chi connectivity index (χ1n) is 7.50. The normalized spacial score (nSPS) is 43.4. The summed E-state index contributed by atoms with van der Waals surface area (Å²) >= 11 is 0. The maximum Gasteiger partial charge on any atom is 0.334 e. The Hall–Kier alpha value is -1.91. The third kappa shape index (κ3) is 1.95. The van der Waals surface area contributed by atoms with Gasteiger partial charge in [-0.3, -0.25) is 9.59 Å². The lowest BCUT2D eigenvalue weighted by Crippen LogP contribution is -2.57. The highest BCUT2D eigenvalue weighted by Crippen LogP contribution is 2.56. The lowest BCUT2D eigenvalue weighted by Gasteiger charge is -2.52. The minimum Gasteiger partial charge on any atom is -0.458 e. The monoisotopic (exact) mass is 304 g/mol. The summed E-state index contributed by atoms with van der Waals surface area (Å²) in [7, 11) is 0. The zero-order chi connectivity index (χ0) is 16.3. The Morgan fingerprint density at radius 3 is 2.73 bits per heavy atom. The van der Waals surface area contributed by atoms with Crippen molar-refractivity contribution in [1.82, 2.24) is 0 Å². The van der Waals surface area contributed by atoms with Gasteiger partial charge in [-0.05, 0) is 31.9 Å². The molecular weight excluding hydrogens is 284 g/mol. The van der Waals surface area contributed by atoms with Crippen LogP contribution in [0.4, 0.5) is 0 Å². The molecule has 0 spiro atoms. The summed E-state index contributed by atoms with van der Waals surface area (Å²) in [6.07, 6.45) is 3.84. The third-order valence-electron chi connectivity index (χ3n) is 5.48. The van der Waals surface area contributed by atoms with Crippen LogP contribution in [0.3, 0.4) is 0 Å². The molecule has 1 heterocycles. The van der Waals surface area contributed by atoms with Crippen LogP contribution in [-0.4, -0.2) is 29.4 Å². The summed E-state index contributed by atoms with van der Waals surface area (Å²) < 4.78 is 10.9. The van der Waals surface area contributed by atoms with Crippen molar-refractivity contribution >= 4 is 17.7 Å². The van der Waals surface area contributed by atoms with Crippen LogP contribution in [-0.2, 0) is 23.9 Å². The standard InChI is InChI=1S/C17H20O5/c1-9-11-7-13-16(3,8-12(11)21-15(9)20)14(19)5-6-17(13,4)22-10(2)18/h5-6,11-13H,1,7-8H2,2-4H3. The van der Waals surface area contributed by atoms with Crippen molar-refractivity contribution in [3.05, 3.63) is 24.3 Å². The molecule has 3 rings (SSSR count). The number of carbonyl (C=O) groups excluding carboxylic acids is 3. The largest absolute Gasteiger partial charge is 0.458 e. The van der Waals surface area contributed by atoms with Gasteiger partial charge < -0.3 is 9.47 Å². The number of allylic oxidation sites excluding steroid dienone is 1.